The smallest absolute Gasteiger partial charge is 0.174 e. The van der Waals surface area contributed by atoms with E-state index in [0.717, 1.165) is 11.8 Å². The summed E-state index contributed by atoms with van der Waals surface area (Å²) in [6.45, 7) is 2.27. The van der Waals surface area contributed by atoms with Crippen LogP contribution in [0.2, 0.25) is 0 Å². The van der Waals surface area contributed by atoms with Gasteiger partial charge in [-0.05, 0) is 42.0 Å². The lowest BCUT2D eigenvalue weighted by Crippen LogP contribution is -2.28. The van der Waals surface area contributed by atoms with E-state index < -0.39 is 5.60 Å². The molecule has 0 saturated carbocycles. The third kappa shape index (κ3) is 3.78. The lowest BCUT2D eigenvalue weighted by atomic mass is 9.85. The van der Waals surface area contributed by atoms with Gasteiger partial charge in [0.15, 0.2) is 5.60 Å². The van der Waals surface area contributed by atoms with Gasteiger partial charge in [0.25, 0.3) is 0 Å². The van der Waals surface area contributed by atoms with Gasteiger partial charge < -0.3 is 14.3 Å². The van der Waals surface area contributed by atoms with Crippen LogP contribution in [0.5, 0.6) is 5.75 Å². The minimum Gasteiger partial charge on any atom is -0.481 e. The molecular formula is C25H20FNO3. The van der Waals surface area contributed by atoms with Gasteiger partial charge in [0, 0.05) is 35.8 Å². The van der Waals surface area contributed by atoms with E-state index >= 15 is 0 Å². The van der Waals surface area contributed by atoms with E-state index in [9.17, 15) is 9.50 Å². The van der Waals surface area contributed by atoms with E-state index in [1.165, 1.54) is 24.3 Å². The van der Waals surface area contributed by atoms with Crippen LogP contribution in [0.15, 0.2) is 77.5 Å². The molecule has 0 bridgehead atoms. The predicted octanol–water partition coefficient (Wildman–Crippen LogP) is 5.04. The highest BCUT2D eigenvalue weighted by Gasteiger charge is 2.37. The van der Waals surface area contributed by atoms with Gasteiger partial charge in [-0.1, -0.05) is 31.0 Å². The molecule has 1 atom stereocenters. The van der Waals surface area contributed by atoms with Crippen LogP contribution < -0.4 is 4.74 Å². The van der Waals surface area contributed by atoms with E-state index in [4.69, 9.17) is 9.15 Å². The zero-order valence-electron chi connectivity index (χ0n) is 16.4. The van der Waals surface area contributed by atoms with Crippen molar-refractivity contribution in [2.24, 2.45) is 0 Å². The number of benzene rings is 2. The number of pyridine rings is 1. The Balaban J connectivity index is 1.78. The van der Waals surface area contributed by atoms with E-state index in [1.807, 2.05) is 19.1 Å². The molecular weight excluding hydrogens is 381 g/mol. The van der Waals surface area contributed by atoms with Crippen LogP contribution in [0.4, 0.5) is 4.39 Å². The maximum atomic E-state index is 13.5. The number of hydrogen-bond donors (Lipinski definition) is 1. The van der Waals surface area contributed by atoms with Crippen LogP contribution in [-0.4, -0.2) is 16.7 Å². The molecule has 2 heterocycles. The summed E-state index contributed by atoms with van der Waals surface area (Å²) in [4.78, 5) is 4.13. The Bertz CT molecular complexity index is 1210. The Morgan fingerprint density at radius 2 is 1.90 bits per heavy atom. The lowest BCUT2D eigenvalue weighted by Gasteiger charge is -2.26. The van der Waals surface area contributed by atoms with Crippen molar-refractivity contribution in [1.29, 1.82) is 0 Å². The number of hydrogen-bond acceptors (Lipinski definition) is 4. The second kappa shape index (κ2) is 8.40. The molecule has 1 N–H and O–H groups in total. The topological polar surface area (TPSA) is 55.5 Å². The Hall–Kier alpha value is -3.62. The summed E-state index contributed by atoms with van der Waals surface area (Å²) < 4.78 is 25.2. The molecule has 0 saturated heterocycles. The average Bonchev–Trinajstić information content (AvgIpc) is 3.21. The molecule has 150 valence electrons. The molecule has 0 spiro atoms. The summed E-state index contributed by atoms with van der Waals surface area (Å²) in [7, 11) is 0. The Morgan fingerprint density at radius 1 is 1.07 bits per heavy atom. The third-order valence-electron chi connectivity index (χ3n) is 4.80. The maximum absolute atomic E-state index is 13.5. The minimum absolute atomic E-state index is 0.294. The SMILES string of the molecule is CCC#CCOc1ccc2cc(C(O)(c3ccc(F)cc3)c3cccnc3)oc2c1. The van der Waals surface area contributed by atoms with Crippen LogP contribution >= 0.6 is 0 Å². The number of rotatable bonds is 5. The number of furan rings is 1. The second-order valence-corrected chi connectivity index (χ2v) is 6.77. The monoisotopic (exact) mass is 401 g/mol. The van der Waals surface area contributed by atoms with Gasteiger partial charge in [0.05, 0.1) is 0 Å². The first-order valence-electron chi connectivity index (χ1n) is 9.63. The minimum atomic E-state index is -1.63. The fraction of sp³-hybridized carbons (Fsp3) is 0.160. The van der Waals surface area contributed by atoms with Gasteiger partial charge in [-0.25, -0.2) is 4.39 Å². The van der Waals surface area contributed by atoms with Crippen molar-refractivity contribution in [2.45, 2.75) is 18.9 Å². The normalized spacial score (nSPS) is 12.8. The fourth-order valence-electron chi connectivity index (χ4n) is 3.29. The summed E-state index contributed by atoms with van der Waals surface area (Å²) in [6.07, 6.45) is 3.97. The van der Waals surface area contributed by atoms with Crippen LogP contribution in [0.3, 0.4) is 0 Å². The Labute approximate surface area is 174 Å². The molecule has 0 radical (unpaired) electrons. The van der Waals surface area contributed by atoms with E-state index in [-0.39, 0.29) is 5.82 Å². The second-order valence-electron chi connectivity index (χ2n) is 6.77. The van der Waals surface area contributed by atoms with Crippen LogP contribution in [0, 0.1) is 17.7 Å². The molecule has 4 aromatic rings. The fourth-order valence-corrected chi connectivity index (χ4v) is 3.29. The summed E-state index contributed by atoms with van der Waals surface area (Å²) in [5.74, 6) is 6.43. The molecule has 5 heteroatoms. The van der Waals surface area contributed by atoms with Crippen molar-refractivity contribution in [2.75, 3.05) is 6.61 Å². The highest BCUT2D eigenvalue weighted by Crippen LogP contribution is 2.39. The van der Waals surface area contributed by atoms with Crippen LogP contribution in [0.25, 0.3) is 11.0 Å². The van der Waals surface area contributed by atoms with Gasteiger partial charge in [0.1, 0.15) is 29.5 Å². The number of fused-ring (bicyclic) bond motifs is 1. The summed E-state index contributed by atoms with van der Waals surface area (Å²) >= 11 is 0. The molecule has 0 aliphatic carbocycles. The van der Waals surface area contributed by atoms with Gasteiger partial charge >= 0.3 is 0 Å². The van der Waals surface area contributed by atoms with Crippen molar-refractivity contribution in [3.63, 3.8) is 0 Å². The number of nitrogens with zero attached hydrogens (tertiary/aromatic N) is 1. The van der Waals surface area contributed by atoms with Gasteiger partial charge in [-0.15, -0.1) is 5.92 Å². The van der Waals surface area contributed by atoms with E-state index in [1.54, 1.807) is 36.7 Å². The largest absolute Gasteiger partial charge is 0.481 e. The van der Waals surface area contributed by atoms with Gasteiger partial charge in [-0.3, -0.25) is 4.98 Å². The van der Waals surface area contributed by atoms with Crippen molar-refractivity contribution in [3.05, 3.63) is 95.8 Å². The van der Waals surface area contributed by atoms with E-state index in [2.05, 4.69) is 16.8 Å². The molecule has 0 fully saturated rings. The van der Waals surface area contributed by atoms with Crippen molar-refractivity contribution >= 4 is 11.0 Å². The first kappa shape index (κ1) is 19.7. The number of aromatic nitrogens is 1. The molecule has 0 aliphatic rings. The van der Waals surface area contributed by atoms with Gasteiger partial charge in [-0.2, -0.15) is 0 Å². The highest BCUT2D eigenvalue weighted by atomic mass is 19.1. The lowest BCUT2D eigenvalue weighted by molar-refractivity contribution is 0.101. The summed E-state index contributed by atoms with van der Waals surface area (Å²) in [5.41, 5.74) is -0.0751. The molecule has 30 heavy (non-hydrogen) atoms. The zero-order valence-corrected chi connectivity index (χ0v) is 16.4. The van der Waals surface area contributed by atoms with Crippen molar-refractivity contribution in [3.8, 4) is 17.6 Å². The van der Waals surface area contributed by atoms with E-state index in [0.29, 0.717) is 34.8 Å². The first-order chi connectivity index (χ1) is 14.6. The summed E-state index contributed by atoms with van der Waals surface area (Å²) in [6, 6.07) is 16.4. The first-order valence-corrected chi connectivity index (χ1v) is 9.63. The molecule has 0 aliphatic heterocycles. The molecule has 4 nitrogen and oxygen atoms in total. The molecule has 0 amide bonds. The van der Waals surface area contributed by atoms with Crippen LogP contribution in [0.1, 0.15) is 30.2 Å². The van der Waals surface area contributed by atoms with Crippen molar-refractivity contribution < 1.29 is 18.7 Å². The molecule has 4 rings (SSSR count). The molecule has 1 unspecified atom stereocenters. The Morgan fingerprint density at radius 3 is 2.63 bits per heavy atom. The Kier molecular flexibility index (Phi) is 5.51. The van der Waals surface area contributed by atoms with Crippen LogP contribution in [-0.2, 0) is 5.60 Å². The molecule has 2 aromatic heterocycles. The van der Waals surface area contributed by atoms with Crippen molar-refractivity contribution in [1.82, 2.24) is 4.98 Å². The standard InChI is InChI=1S/C25H20FNO3/c1-2-3-4-14-29-22-12-7-18-15-24(30-23(18)16-22)25(28,20-6-5-13-27-17-20)19-8-10-21(26)11-9-19/h5-13,15-17,28H,2,14H2,1H3. The predicted molar refractivity (Wildman–Crippen MR) is 113 cm³/mol. The maximum Gasteiger partial charge on any atom is 0.174 e. The number of ether oxygens (including phenoxy) is 1. The summed E-state index contributed by atoms with van der Waals surface area (Å²) in [5, 5.41) is 12.6. The zero-order chi connectivity index (χ0) is 21.0. The average molecular weight is 401 g/mol. The third-order valence-corrected chi connectivity index (χ3v) is 4.80. The molecule has 2 aromatic carbocycles. The quantitative estimate of drug-likeness (QED) is 0.476. The highest BCUT2D eigenvalue weighted by molar-refractivity contribution is 5.80. The number of halogens is 1. The van der Waals surface area contributed by atoms with Gasteiger partial charge in [0.2, 0.25) is 0 Å². The number of aliphatic hydroxyl groups is 1.